The van der Waals surface area contributed by atoms with Crippen LogP contribution in [0, 0.1) is 0 Å². The fraction of sp³-hybridized carbons (Fsp3) is 0.222. The Morgan fingerprint density at radius 2 is 2.25 bits per heavy atom. The molecule has 0 spiro atoms. The molecule has 1 aromatic carbocycles. The van der Waals surface area contributed by atoms with Gasteiger partial charge in [-0.15, -0.1) is 0 Å². The number of alkyl halides is 1. The SMILES string of the molecule is O=C1c2cc(O)ccc2CC1Br. The van der Waals surface area contributed by atoms with Crippen molar-refractivity contribution < 1.29 is 9.90 Å². The number of phenolic OH excluding ortho intramolecular Hbond substituents is 1. The van der Waals surface area contributed by atoms with E-state index in [1.165, 1.54) is 6.07 Å². The number of carbonyl (C=O) groups is 1. The van der Waals surface area contributed by atoms with E-state index in [9.17, 15) is 4.79 Å². The number of ketones is 1. The maximum absolute atomic E-state index is 11.4. The predicted octanol–water partition coefficient (Wildman–Crippen LogP) is 1.89. The van der Waals surface area contributed by atoms with E-state index in [4.69, 9.17) is 5.11 Å². The summed E-state index contributed by atoms with van der Waals surface area (Å²) in [5.41, 5.74) is 1.66. The molecule has 0 fully saturated rings. The molecule has 0 radical (unpaired) electrons. The van der Waals surface area contributed by atoms with Crippen LogP contribution < -0.4 is 0 Å². The summed E-state index contributed by atoms with van der Waals surface area (Å²) < 4.78 is 0. The molecule has 1 aromatic rings. The van der Waals surface area contributed by atoms with E-state index in [2.05, 4.69) is 15.9 Å². The number of hydrogen-bond acceptors (Lipinski definition) is 2. The van der Waals surface area contributed by atoms with Gasteiger partial charge >= 0.3 is 0 Å². The number of fused-ring (bicyclic) bond motifs is 1. The van der Waals surface area contributed by atoms with Crippen molar-refractivity contribution in [3.63, 3.8) is 0 Å². The Bertz CT molecular complexity index is 346. The van der Waals surface area contributed by atoms with E-state index < -0.39 is 0 Å². The van der Waals surface area contributed by atoms with Crippen LogP contribution in [0.5, 0.6) is 5.75 Å². The van der Waals surface area contributed by atoms with Gasteiger partial charge in [0, 0.05) is 5.56 Å². The fourth-order valence-corrected chi connectivity index (χ4v) is 2.02. The summed E-state index contributed by atoms with van der Waals surface area (Å²) in [6.45, 7) is 0. The highest BCUT2D eigenvalue weighted by atomic mass is 79.9. The Morgan fingerprint density at radius 1 is 1.50 bits per heavy atom. The van der Waals surface area contributed by atoms with Crippen molar-refractivity contribution in [1.29, 1.82) is 0 Å². The summed E-state index contributed by atoms with van der Waals surface area (Å²) in [5.74, 6) is 0.226. The predicted molar refractivity (Wildman–Crippen MR) is 48.9 cm³/mol. The third-order valence-corrected chi connectivity index (χ3v) is 2.78. The minimum atomic E-state index is -0.103. The van der Waals surface area contributed by atoms with Crippen molar-refractivity contribution in [1.82, 2.24) is 0 Å². The Hall–Kier alpha value is -0.830. The average Bonchev–Trinajstić information content (AvgIpc) is 2.31. The zero-order valence-corrected chi connectivity index (χ0v) is 7.84. The molecule has 0 amide bonds. The molecule has 12 heavy (non-hydrogen) atoms. The molecule has 1 atom stereocenters. The van der Waals surface area contributed by atoms with Crippen LogP contribution in [0.4, 0.5) is 0 Å². The van der Waals surface area contributed by atoms with E-state index in [0.29, 0.717) is 5.56 Å². The Kier molecular flexibility index (Phi) is 1.68. The van der Waals surface area contributed by atoms with Crippen LogP contribution in [0.15, 0.2) is 18.2 Å². The van der Waals surface area contributed by atoms with Gasteiger partial charge in [0.25, 0.3) is 0 Å². The molecule has 2 rings (SSSR count). The number of benzene rings is 1. The Labute approximate surface area is 78.3 Å². The number of Topliss-reactive ketones (excluding diaryl/α,β-unsaturated/α-hetero) is 1. The molecular formula is C9H7BrO2. The topological polar surface area (TPSA) is 37.3 Å². The molecule has 0 aliphatic heterocycles. The zero-order chi connectivity index (χ0) is 8.72. The van der Waals surface area contributed by atoms with E-state index in [1.54, 1.807) is 12.1 Å². The molecule has 0 aromatic heterocycles. The zero-order valence-electron chi connectivity index (χ0n) is 6.25. The summed E-state index contributed by atoms with van der Waals surface area (Å²) in [6, 6.07) is 4.93. The van der Waals surface area contributed by atoms with Gasteiger partial charge < -0.3 is 5.11 Å². The van der Waals surface area contributed by atoms with Crippen LogP contribution in [0.3, 0.4) is 0 Å². The van der Waals surface area contributed by atoms with Crippen LogP contribution in [-0.2, 0) is 6.42 Å². The van der Waals surface area contributed by atoms with Crippen LogP contribution >= 0.6 is 15.9 Å². The van der Waals surface area contributed by atoms with Crippen LogP contribution in [-0.4, -0.2) is 15.7 Å². The highest BCUT2D eigenvalue weighted by molar-refractivity contribution is 9.10. The van der Waals surface area contributed by atoms with Gasteiger partial charge in [0.05, 0.1) is 4.83 Å². The molecule has 62 valence electrons. The molecule has 2 nitrogen and oxygen atoms in total. The summed E-state index contributed by atoms with van der Waals surface area (Å²) in [4.78, 5) is 11.3. The molecule has 1 unspecified atom stereocenters. The van der Waals surface area contributed by atoms with E-state index in [-0.39, 0.29) is 16.4 Å². The first-order chi connectivity index (χ1) is 5.68. The standard InChI is InChI=1S/C9H7BrO2/c10-8-3-5-1-2-6(11)4-7(5)9(8)12/h1-2,4,8,11H,3H2. The number of halogens is 1. The number of phenols is 1. The maximum atomic E-state index is 11.4. The summed E-state index contributed by atoms with van der Waals surface area (Å²) in [5, 5.41) is 9.13. The molecular weight excluding hydrogens is 220 g/mol. The molecule has 0 saturated carbocycles. The van der Waals surface area contributed by atoms with Gasteiger partial charge in [-0.2, -0.15) is 0 Å². The van der Waals surface area contributed by atoms with Gasteiger partial charge in [0.2, 0.25) is 0 Å². The van der Waals surface area contributed by atoms with Gasteiger partial charge in [-0.3, -0.25) is 4.79 Å². The van der Waals surface area contributed by atoms with E-state index in [1.807, 2.05) is 0 Å². The van der Waals surface area contributed by atoms with Gasteiger partial charge in [0.15, 0.2) is 5.78 Å². The van der Waals surface area contributed by atoms with Crippen molar-refractivity contribution in [2.75, 3.05) is 0 Å². The van der Waals surface area contributed by atoms with E-state index in [0.717, 1.165) is 12.0 Å². The minimum absolute atomic E-state index is 0.0703. The quantitative estimate of drug-likeness (QED) is 0.687. The fourth-order valence-electron chi connectivity index (χ4n) is 1.43. The largest absolute Gasteiger partial charge is 0.508 e. The van der Waals surface area contributed by atoms with Crippen molar-refractivity contribution in [2.24, 2.45) is 0 Å². The number of rotatable bonds is 0. The van der Waals surface area contributed by atoms with Crippen molar-refractivity contribution in [3.8, 4) is 5.75 Å². The van der Waals surface area contributed by atoms with Gasteiger partial charge in [0.1, 0.15) is 5.75 Å². The Balaban J connectivity index is 2.56. The highest BCUT2D eigenvalue weighted by Gasteiger charge is 2.28. The smallest absolute Gasteiger partial charge is 0.177 e. The van der Waals surface area contributed by atoms with Crippen molar-refractivity contribution in [2.45, 2.75) is 11.2 Å². The lowest BCUT2D eigenvalue weighted by Gasteiger charge is -1.96. The third kappa shape index (κ3) is 1.05. The Morgan fingerprint density at radius 3 is 3.00 bits per heavy atom. The second-order valence-electron chi connectivity index (χ2n) is 2.88. The summed E-state index contributed by atoms with van der Waals surface area (Å²) in [6.07, 6.45) is 0.731. The van der Waals surface area contributed by atoms with E-state index >= 15 is 0 Å². The maximum Gasteiger partial charge on any atom is 0.177 e. The van der Waals surface area contributed by atoms with Crippen molar-refractivity contribution >= 4 is 21.7 Å². The molecule has 0 heterocycles. The normalized spacial score (nSPS) is 21.1. The third-order valence-electron chi connectivity index (χ3n) is 2.04. The minimum Gasteiger partial charge on any atom is -0.508 e. The van der Waals surface area contributed by atoms with Gasteiger partial charge in [-0.25, -0.2) is 0 Å². The van der Waals surface area contributed by atoms with Gasteiger partial charge in [-0.05, 0) is 24.1 Å². The second kappa shape index (κ2) is 2.59. The average molecular weight is 227 g/mol. The lowest BCUT2D eigenvalue weighted by atomic mass is 10.1. The lowest BCUT2D eigenvalue weighted by molar-refractivity contribution is 0.100. The number of carbonyl (C=O) groups excluding carboxylic acids is 1. The molecule has 1 aliphatic carbocycles. The molecule has 0 saturated heterocycles. The number of hydrogen-bond donors (Lipinski definition) is 1. The molecule has 1 N–H and O–H groups in total. The first-order valence-electron chi connectivity index (χ1n) is 3.68. The molecule has 1 aliphatic rings. The highest BCUT2D eigenvalue weighted by Crippen LogP contribution is 2.29. The van der Waals surface area contributed by atoms with Crippen LogP contribution in [0.1, 0.15) is 15.9 Å². The molecule has 0 bridgehead atoms. The summed E-state index contributed by atoms with van der Waals surface area (Å²) >= 11 is 3.28. The first kappa shape index (κ1) is 7.80. The van der Waals surface area contributed by atoms with Gasteiger partial charge in [-0.1, -0.05) is 22.0 Å². The summed E-state index contributed by atoms with van der Waals surface area (Å²) in [7, 11) is 0. The first-order valence-corrected chi connectivity index (χ1v) is 4.60. The number of aromatic hydroxyl groups is 1. The molecule has 3 heteroatoms. The monoisotopic (exact) mass is 226 g/mol. The lowest BCUT2D eigenvalue weighted by Crippen LogP contribution is -2.05. The van der Waals surface area contributed by atoms with Crippen LogP contribution in [0.25, 0.3) is 0 Å². The van der Waals surface area contributed by atoms with Crippen LogP contribution in [0.2, 0.25) is 0 Å². The second-order valence-corrected chi connectivity index (χ2v) is 3.98. The van der Waals surface area contributed by atoms with Crippen molar-refractivity contribution in [3.05, 3.63) is 29.3 Å².